The van der Waals surface area contributed by atoms with Gasteiger partial charge in [0.25, 0.3) is 5.91 Å². The summed E-state index contributed by atoms with van der Waals surface area (Å²) in [5.74, 6) is -0.294. The van der Waals surface area contributed by atoms with Gasteiger partial charge in [0.2, 0.25) is 0 Å². The minimum atomic E-state index is -0.294. The van der Waals surface area contributed by atoms with Gasteiger partial charge in [-0.25, -0.2) is 0 Å². The maximum atomic E-state index is 11.9. The molecular formula is C12H11ClN4O. The Labute approximate surface area is 109 Å². The van der Waals surface area contributed by atoms with Crippen molar-refractivity contribution in [2.75, 3.05) is 5.73 Å². The smallest absolute Gasteiger partial charge is 0.253 e. The summed E-state index contributed by atoms with van der Waals surface area (Å²) in [5.41, 5.74) is 7.03. The van der Waals surface area contributed by atoms with Crippen molar-refractivity contribution in [1.29, 1.82) is 0 Å². The summed E-state index contributed by atoms with van der Waals surface area (Å²) >= 11 is 5.96. The van der Waals surface area contributed by atoms with Crippen LogP contribution in [0.15, 0.2) is 36.5 Å². The number of anilines is 1. The Morgan fingerprint density at radius 2 is 2.17 bits per heavy atom. The Balaban J connectivity index is 2.07. The van der Waals surface area contributed by atoms with Crippen molar-refractivity contribution in [2.24, 2.45) is 0 Å². The molecule has 6 heteroatoms. The molecule has 5 nitrogen and oxygen atoms in total. The van der Waals surface area contributed by atoms with Crippen LogP contribution in [0.25, 0.3) is 0 Å². The fourth-order valence-electron chi connectivity index (χ4n) is 1.42. The van der Waals surface area contributed by atoms with E-state index in [1.807, 2.05) is 0 Å². The maximum absolute atomic E-state index is 11.9. The number of benzene rings is 1. The molecule has 0 saturated heterocycles. The number of nitrogens with two attached hydrogens (primary N) is 1. The van der Waals surface area contributed by atoms with Gasteiger partial charge in [0.05, 0.1) is 28.5 Å². The lowest BCUT2D eigenvalue weighted by atomic mass is 10.2. The molecule has 1 amide bonds. The molecule has 92 valence electrons. The first-order chi connectivity index (χ1) is 8.68. The topological polar surface area (TPSA) is 80.9 Å². The normalized spacial score (nSPS) is 10.1. The van der Waals surface area contributed by atoms with Gasteiger partial charge in [-0.2, -0.15) is 10.2 Å². The highest BCUT2D eigenvalue weighted by molar-refractivity contribution is 6.36. The molecular weight excluding hydrogens is 252 g/mol. The number of carbonyl (C=O) groups is 1. The van der Waals surface area contributed by atoms with Crippen molar-refractivity contribution in [3.8, 4) is 0 Å². The number of aromatic nitrogens is 2. The van der Waals surface area contributed by atoms with Crippen LogP contribution in [0.4, 0.5) is 5.69 Å². The number of nitrogen functional groups attached to an aromatic ring is 1. The fraction of sp³-hybridized carbons (Fsp3) is 0.0833. The predicted octanol–water partition coefficient (Wildman–Crippen LogP) is 1.64. The lowest BCUT2D eigenvalue weighted by molar-refractivity contribution is 0.0950. The second-order valence-corrected chi connectivity index (χ2v) is 3.98. The third kappa shape index (κ3) is 2.75. The number of hydrogen-bond donors (Lipinski definition) is 2. The van der Waals surface area contributed by atoms with Crippen molar-refractivity contribution in [2.45, 2.75) is 6.54 Å². The Bertz CT molecular complexity index is 559. The van der Waals surface area contributed by atoms with Crippen LogP contribution in [0, 0.1) is 0 Å². The van der Waals surface area contributed by atoms with Crippen molar-refractivity contribution in [3.05, 3.63) is 52.8 Å². The molecule has 0 atom stereocenters. The third-order valence-corrected chi connectivity index (χ3v) is 2.75. The molecule has 2 rings (SSSR count). The predicted molar refractivity (Wildman–Crippen MR) is 69.1 cm³/mol. The standard InChI is InChI=1S/C12H11ClN4O/c13-11-9(4-1-5-10(11)14)12(18)15-7-8-3-2-6-16-17-8/h1-6H,7,14H2,(H,15,18). The summed E-state index contributed by atoms with van der Waals surface area (Å²) in [6.07, 6.45) is 1.57. The molecule has 0 unspecified atom stereocenters. The van der Waals surface area contributed by atoms with E-state index in [-0.39, 0.29) is 17.5 Å². The zero-order valence-corrected chi connectivity index (χ0v) is 10.2. The van der Waals surface area contributed by atoms with Crippen molar-refractivity contribution >= 4 is 23.2 Å². The molecule has 0 saturated carbocycles. The molecule has 2 aromatic rings. The molecule has 0 fully saturated rings. The SMILES string of the molecule is Nc1cccc(C(=O)NCc2cccnn2)c1Cl. The van der Waals surface area contributed by atoms with Gasteiger partial charge in [0.1, 0.15) is 0 Å². The number of nitrogens with zero attached hydrogens (tertiary/aromatic N) is 2. The lowest BCUT2D eigenvalue weighted by Crippen LogP contribution is -2.23. The van der Waals surface area contributed by atoms with E-state index in [2.05, 4.69) is 15.5 Å². The molecule has 0 spiro atoms. The Morgan fingerprint density at radius 3 is 2.89 bits per heavy atom. The molecule has 1 heterocycles. The van der Waals surface area contributed by atoms with Crippen LogP contribution in [-0.4, -0.2) is 16.1 Å². The van der Waals surface area contributed by atoms with E-state index in [9.17, 15) is 4.79 Å². The molecule has 1 aromatic carbocycles. The van der Waals surface area contributed by atoms with Crippen LogP contribution < -0.4 is 11.1 Å². The van der Waals surface area contributed by atoms with Crippen LogP contribution in [0.3, 0.4) is 0 Å². The third-order valence-electron chi connectivity index (χ3n) is 2.33. The van der Waals surface area contributed by atoms with Gasteiger partial charge in [-0.1, -0.05) is 17.7 Å². The number of amides is 1. The van der Waals surface area contributed by atoms with Gasteiger partial charge in [0, 0.05) is 6.20 Å². The van der Waals surface area contributed by atoms with E-state index in [4.69, 9.17) is 17.3 Å². The van der Waals surface area contributed by atoms with Crippen molar-refractivity contribution in [3.63, 3.8) is 0 Å². The highest BCUT2D eigenvalue weighted by Gasteiger charge is 2.11. The average molecular weight is 263 g/mol. The maximum Gasteiger partial charge on any atom is 0.253 e. The van der Waals surface area contributed by atoms with Gasteiger partial charge >= 0.3 is 0 Å². The summed E-state index contributed by atoms with van der Waals surface area (Å²) in [5, 5.41) is 10.5. The molecule has 0 bridgehead atoms. The highest BCUT2D eigenvalue weighted by Crippen LogP contribution is 2.22. The lowest BCUT2D eigenvalue weighted by Gasteiger charge is -2.07. The van der Waals surface area contributed by atoms with Gasteiger partial charge < -0.3 is 11.1 Å². The first kappa shape index (κ1) is 12.3. The van der Waals surface area contributed by atoms with E-state index >= 15 is 0 Å². The van der Waals surface area contributed by atoms with E-state index in [1.54, 1.807) is 36.5 Å². The second-order valence-electron chi connectivity index (χ2n) is 3.61. The van der Waals surface area contributed by atoms with Crippen LogP contribution >= 0.6 is 11.6 Å². The Kier molecular flexibility index (Phi) is 3.74. The fourth-order valence-corrected chi connectivity index (χ4v) is 1.63. The molecule has 0 aliphatic heterocycles. The Morgan fingerprint density at radius 1 is 1.33 bits per heavy atom. The van der Waals surface area contributed by atoms with Gasteiger partial charge in [0.15, 0.2) is 0 Å². The molecule has 18 heavy (non-hydrogen) atoms. The largest absolute Gasteiger partial charge is 0.398 e. The van der Waals surface area contributed by atoms with Crippen LogP contribution in [0.5, 0.6) is 0 Å². The number of rotatable bonds is 3. The van der Waals surface area contributed by atoms with E-state index in [0.717, 1.165) is 0 Å². The van der Waals surface area contributed by atoms with E-state index in [0.29, 0.717) is 16.9 Å². The van der Waals surface area contributed by atoms with Gasteiger partial charge in [-0.15, -0.1) is 0 Å². The Hall–Kier alpha value is -2.14. The number of nitrogens with one attached hydrogen (secondary N) is 1. The van der Waals surface area contributed by atoms with Crippen LogP contribution in [0.1, 0.15) is 16.1 Å². The first-order valence-electron chi connectivity index (χ1n) is 5.27. The van der Waals surface area contributed by atoms with Crippen LogP contribution in [-0.2, 0) is 6.54 Å². The number of carbonyl (C=O) groups excluding carboxylic acids is 1. The zero-order valence-electron chi connectivity index (χ0n) is 9.43. The molecule has 0 aliphatic carbocycles. The molecule has 0 aliphatic rings. The second kappa shape index (κ2) is 5.46. The quantitative estimate of drug-likeness (QED) is 0.824. The van der Waals surface area contributed by atoms with E-state index < -0.39 is 0 Å². The number of hydrogen-bond acceptors (Lipinski definition) is 4. The van der Waals surface area contributed by atoms with E-state index in [1.165, 1.54) is 0 Å². The van der Waals surface area contributed by atoms with Gasteiger partial charge in [-0.05, 0) is 24.3 Å². The zero-order chi connectivity index (χ0) is 13.0. The monoisotopic (exact) mass is 262 g/mol. The average Bonchev–Trinajstić information content (AvgIpc) is 2.40. The van der Waals surface area contributed by atoms with Crippen molar-refractivity contribution < 1.29 is 4.79 Å². The minimum absolute atomic E-state index is 0.258. The summed E-state index contributed by atoms with van der Waals surface area (Å²) in [6, 6.07) is 8.46. The highest BCUT2D eigenvalue weighted by atomic mass is 35.5. The van der Waals surface area contributed by atoms with Crippen molar-refractivity contribution in [1.82, 2.24) is 15.5 Å². The summed E-state index contributed by atoms with van der Waals surface area (Å²) in [6.45, 7) is 0.289. The minimum Gasteiger partial charge on any atom is -0.398 e. The molecule has 3 N–H and O–H groups in total. The van der Waals surface area contributed by atoms with Crippen LogP contribution in [0.2, 0.25) is 5.02 Å². The first-order valence-corrected chi connectivity index (χ1v) is 5.65. The molecule has 0 radical (unpaired) electrons. The number of halogens is 1. The molecule has 1 aromatic heterocycles. The van der Waals surface area contributed by atoms with Gasteiger partial charge in [-0.3, -0.25) is 4.79 Å². The summed E-state index contributed by atoms with van der Waals surface area (Å²) in [7, 11) is 0. The summed E-state index contributed by atoms with van der Waals surface area (Å²) < 4.78 is 0. The summed E-state index contributed by atoms with van der Waals surface area (Å²) in [4.78, 5) is 11.9.